The van der Waals surface area contributed by atoms with Gasteiger partial charge >= 0.3 is 5.97 Å². The van der Waals surface area contributed by atoms with Gasteiger partial charge < -0.3 is 13.9 Å². The standard InChI is InChI=1S/C20H20BIO4/c1-21-7-8-25-20(23)16-9-15-10-17(26-19(15)18(22)11-16)13-24-12-14-5-3-2-4-6-14/h2-6,9-11,21H,7-8,12-13H2,1H3. The topological polar surface area (TPSA) is 48.7 Å². The minimum atomic E-state index is -0.290. The Kier molecular flexibility index (Phi) is 6.74. The van der Waals surface area contributed by atoms with E-state index in [1.165, 1.54) is 0 Å². The summed E-state index contributed by atoms with van der Waals surface area (Å²) in [6.07, 6.45) is 0.875. The summed E-state index contributed by atoms with van der Waals surface area (Å²) in [4.78, 5) is 12.2. The minimum Gasteiger partial charge on any atom is -0.463 e. The van der Waals surface area contributed by atoms with E-state index < -0.39 is 0 Å². The highest BCUT2D eigenvalue weighted by molar-refractivity contribution is 14.1. The largest absolute Gasteiger partial charge is 0.463 e. The zero-order chi connectivity index (χ0) is 18.4. The number of ether oxygens (including phenoxy) is 2. The molecule has 0 aliphatic rings. The van der Waals surface area contributed by atoms with Crippen molar-refractivity contribution in [1.82, 2.24) is 0 Å². The summed E-state index contributed by atoms with van der Waals surface area (Å²) in [6, 6.07) is 15.6. The van der Waals surface area contributed by atoms with Gasteiger partial charge in [-0.2, -0.15) is 0 Å². The molecular weight excluding hydrogens is 442 g/mol. The van der Waals surface area contributed by atoms with Crippen molar-refractivity contribution < 1.29 is 18.7 Å². The summed E-state index contributed by atoms with van der Waals surface area (Å²) in [5.41, 5.74) is 2.44. The van der Waals surface area contributed by atoms with Crippen LogP contribution in [0.3, 0.4) is 0 Å². The predicted octanol–water partition coefficient (Wildman–Crippen LogP) is 4.81. The summed E-state index contributed by atoms with van der Waals surface area (Å²) in [5, 5.41) is 0.887. The van der Waals surface area contributed by atoms with Crippen molar-refractivity contribution in [2.45, 2.75) is 26.4 Å². The first-order chi connectivity index (χ1) is 12.7. The van der Waals surface area contributed by atoms with Gasteiger partial charge in [-0.05, 0) is 52.7 Å². The summed E-state index contributed by atoms with van der Waals surface area (Å²) in [6.45, 7) is 3.43. The highest BCUT2D eigenvalue weighted by Gasteiger charge is 2.14. The Hall–Kier alpha value is -1.80. The number of carbonyl (C=O) groups excluding carboxylic acids is 1. The molecule has 0 bridgehead atoms. The van der Waals surface area contributed by atoms with E-state index in [1.54, 1.807) is 6.07 Å². The number of esters is 1. The lowest BCUT2D eigenvalue weighted by Gasteiger charge is -2.04. The molecule has 0 fully saturated rings. The average Bonchev–Trinajstić information content (AvgIpc) is 3.06. The lowest BCUT2D eigenvalue weighted by atomic mass is 9.79. The molecule has 0 amide bonds. The molecule has 1 heterocycles. The lowest BCUT2D eigenvalue weighted by molar-refractivity contribution is 0.0526. The molecule has 0 unspecified atom stereocenters. The van der Waals surface area contributed by atoms with Crippen LogP contribution < -0.4 is 0 Å². The second-order valence-corrected chi connectivity index (χ2v) is 7.22. The van der Waals surface area contributed by atoms with Crippen molar-refractivity contribution in [3.63, 3.8) is 0 Å². The van der Waals surface area contributed by atoms with Crippen molar-refractivity contribution in [1.29, 1.82) is 0 Å². The fourth-order valence-corrected chi connectivity index (χ4v) is 3.35. The van der Waals surface area contributed by atoms with E-state index in [0.29, 0.717) is 25.4 Å². The van der Waals surface area contributed by atoms with E-state index in [0.717, 1.165) is 39.5 Å². The highest BCUT2D eigenvalue weighted by atomic mass is 127. The molecule has 0 spiro atoms. The summed E-state index contributed by atoms with van der Waals surface area (Å²) >= 11 is 2.18. The number of fused-ring (bicyclic) bond motifs is 1. The number of furan rings is 1. The third-order valence-electron chi connectivity index (χ3n) is 3.94. The van der Waals surface area contributed by atoms with Crippen molar-refractivity contribution in [3.8, 4) is 0 Å². The number of hydrogen-bond acceptors (Lipinski definition) is 4. The zero-order valence-electron chi connectivity index (χ0n) is 14.7. The molecule has 134 valence electrons. The summed E-state index contributed by atoms with van der Waals surface area (Å²) in [5.74, 6) is 0.451. The van der Waals surface area contributed by atoms with Crippen molar-refractivity contribution in [3.05, 3.63) is 69.0 Å². The first-order valence-corrected chi connectivity index (χ1v) is 9.76. The number of carbonyl (C=O) groups is 1. The van der Waals surface area contributed by atoms with Crippen LogP contribution in [0.15, 0.2) is 52.9 Å². The van der Waals surface area contributed by atoms with Crippen molar-refractivity contribution in [2.75, 3.05) is 6.61 Å². The van der Waals surface area contributed by atoms with Crippen LogP contribution in [-0.2, 0) is 22.7 Å². The maximum atomic E-state index is 12.2. The summed E-state index contributed by atoms with van der Waals surface area (Å²) < 4.78 is 17.8. The third kappa shape index (κ3) is 4.89. The minimum absolute atomic E-state index is 0.290. The number of benzene rings is 2. The first kappa shape index (κ1) is 19.0. The van der Waals surface area contributed by atoms with Gasteiger partial charge in [0.25, 0.3) is 0 Å². The summed E-state index contributed by atoms with van der Waals surface area (Å²) in [7, 11) is 0.998. The molecule has 0 saturated carbocycles. The first-order valence-electron chi connectivity index (χ1n) is 8.68. The van der Waals surface area contributed by atoms with E-state index in [1.807, 2.05) is 42.5 Å². The Balaban J connectivity index is 1.67. The van der Waals surface area contributed by atoms with Gasteiger partial charge in [-0.25, -0.2) is 4.79 Å². The Morgan fingerprint density at radius 3 is 2.73 bits per heavy atom. The van der Waals surface area contributed by atoms with E-state index >= 15 is 0 Å². The molecule has 0 aliphatic carbocycles. The fraction of sp³-hybridized carbons (Fsp3) is 0.250. The van der Waals surface area contributed by atoms with Crippen LogP contribution in [0.2, 0.25) is 13.1 Å². The molecule has 0 N–H and O–H groups in total. The van der Waals surface area contributed by atoms with Gasteiger partial charge in [0.2, 0.25) is 0 Å². The molecule has 26 heavy (non-hydrogen) atoms. The maximum absolute atomic E-state index is 12.2. The highest BCUT2D eigenvalue weighted by Crippen LogP contribution is 2.27. The van der Waals surface area contributed by atoms with Crippen LogP contribution in [-0.4, -0.2) is 19.9 Å². The SMILES string of the molecule is CBCCOC(=O)c1cc(I)c2oc(COCc3ccccc3)cc2c1. The van der Waals surface area contributed by atoms with E-state index in [4.69, 9.17) is 13.9 Å². The van der Waals surface area contributed by atoms with Crippen LogP contribution in [0.25, 0.3) is 11.0 Å². The predicted molar refractivity (Wildman–Crippen MR) is 112 cm³/mol. The van der Waals surface area contributed by atoms with Gasteiger partial charge in [-0.1, -0.05) is 37.2 Å². The number of hydrogen-bond donors (Lipinski definition) is 0. The second kappa shape index (κ2) is 9.23. The van der Waals surface area contributed by atoms with Gasteiger partial charge in [0.15, 0.2) is 0 Å². The van der Waals surface area contributed by atoms with Crippen molar-refractivity contribution >= 4 is 46.8 Å². The zero-order valence-corrected chi connectivity index (χ0v) is 16.8. The molecule has 0 aliphatic heterocycles. The lowest BCUT2D eigenvalue weighted by Crippen LogP contribution is -2.07. The molecule has 4 nitrogen and oxygen atoms in total. The van der Waals surface area contributed by atoms with Gasteiger partial charge in [0.1, 0.15) is 25.2 Å². The average molecular weight is 462 g/mol. The van der Waals surface area contributed by atoms with Crippen LogP contribution in [0.1, 0.15) is 21.7 Å². The molecule has 6 heteroatoms. The smallest absolute Gasteiger partial charge is 0.338 e. The Bertz CT molecular complexity index is 876. The Labute approximate surface area is 167 Å². The van der Waals surface area contributed by atoms with E-state index in [-0.39, 0.29) is 5.97 Å². The van der Waals surface area contributed by atoms with Gasteiger partial charge in [-0.15, -0.1) is 0 Å². The molecule has 3 rings (SSSR count). The quantitative estimate of drug-likeness (QED) is 0.209. The Morgan fingerprint density at radius 2 is 1.96 bits per heavy atom. The number of rotatable bonds is 8. The van der Waals surface area contributed by atoms with E-state index in [2.05, 4.69) is 29.4 Å². The van der Waals surface area contributed by atoms with Gasteiger partial charge in [-0.3, -0.25) is 0 Å². The maximum Gasteiger partial charge on any atom is 0.338 e. The molecule has 0 saturated heterocycles. The van der Waals surface area contributed by atoms with Gasteiger partial charge in [0.05, 0.1) is 22.3 Å². The third-order valence-corrected chi connectivity index (χ3v) is 4.75. The monoisotopic (exact) mass is 462 g/mol. The van der Waals surface area contributed by atoms with Crippen LogP contribution in [0.4, 0.5) is 0 Å². The van der Waals surface area contributed by atoms with E-state index in [9.17, 15) is 4.79 Å². The van der Waals surface area contributed by atoms with Crippen molar-refractivity contribution in [2.24, 2.45) is 0 Å². The number of halogens is 1. The van der Waals surface area contributed by atoms with Gasteiger partial charge in [0, 0.05) is 5.39 Å². The van der Waals surface area contributed by atoms with Crippen LogP contribution in [0, 0.1) is 3.57 Å². The fourth-order valence-electron chi connectivity index (χ4n) is 2.59. The molecular formula is C20H20BIO4. The molecule has 0 radical (unpaired) electrons. The Morgan fingerprint density at radius 1 is 1.15 bits per heavy atom. The molecule has 2 aromatic carbocycles. The molecule has 3 aromatic rings. The van der Waals surface area contributed by atoms with Crippen LogP contribution in [0.5, 0.6) is 0 Å². The second-order valence-electron chi connectivity index (χ2n) is 6.06. The normalized spacial score (nSPS) is 10.8. The molecule has 0 atom stereocenters. The van der Waals surface area contributed by atoms with Crippen LogP contribution >= 0.6 is 22.6 Å². The molecule has 1 aromatic heterocycles.